The van der Waals surface area contributed by atoms with Crippen LogP contribution in [0.4, 0.5) is 0 Å². The first-order chi connectivity index (χ1) is 6.54. The minimum absolute atomic E-state index is 0.139. The average molecular weight is 206 g/mol. The number of hydrogen-bond donors (Lipinski definition) is 3. The molecule has 1 aliphatic rings. The highest BCUT2D eigenvalue weighted by atomic mass is 16.6. The second kappa shape index (κ2) is 7.17. The fourth-order valence-electron chi connectivity index (χ4n) is 1.31. The molecule has 1 unspecified atom stereocenters. The minimum Gasteiger partial charge on any atom is -0.394 e. The number of aliphatic hydroxyl groups is 3. The smallest absolute Gasteiger partial charge is 0.165 e. The van der Waals surface area contributed by atoms with Crippen LogP contribution in [0.5, 0.6) is 0 Å². The van der Waals surface area contributed by atoms with E-state index >= 15 is 0 Å². The van der Waals surface area contributed by atoms with E-state index in [-0.39, 0.29) is 6.61 Å². The van der Waals surface area contributed by atoms with Gasteiger partial charge in [0.2, 0.25) is 0 Å². The van der Waals surface area contributed by atoms with Crippen molar-refractivity contribution in [2.24, 2.45) is 0 Å². The fraction of sp³-hybridized carbons (Fsp3) is 1.00. The molecule has 0 amide bonds. The summed E-state index contributed by atoms with van der Waals surface area (Å²) in [5.41, 5.74) is 0. The fourth-order valence-corrected chi connectivity index (χ4v) is 1.31. The normalized spacial score (nSPS) is 22.1. The van der Waals surface area contributed by atoms with Crippen LogP contribution in [-0.2, 0) is 4.74 Å². The third kappa shape index (κ3) is 6.32. The van der Waals surface area contributed by atoms with Crippen molar-refractivity contribution >= 4 is 0 Å². The molecule has 86 valence electrons. The zero-order chi connectivity index (χ0) is 11.0. The molecule has 1 atom stereocenters. The number of rotatable bonds is 2. The van der Waals surface area contributed by atoms with E-state index in [1.807, 2.05) is 0 Å². The Morgan fingerprint density at radius 3 is 1.93 bits per heavy atom. The predicted molar refractivity (Wildman–Crippen MR) is 53.8 cm³/mol. The van der Waals surface area contributed by atoms with Gasteiger partial charge in [0.15, 0.2) is 5.79 Å². The van der Waals surface area contributed by atoms with Gasteiger partial charge in [-0.1, -0.05) is 6.42 Å². The van der Waals surface area contributed by atoms with Crippen molar-refractivity contribution < 1.29 is 20.1 Å². The minimum atomic E-state index is -0.780. The van der Waals surface area contributed by atoms with E-state index in [0.717, 1.165) is 25.7 Å². The summed E-state index contributed by atoms with van der Waals surface area (Å²) in [5, 5.41) is 25.5. The van der Waals surface area contributed by atoms with Crippen LogP contribution in [0, 0.1) is 0 Å². The lowest BCUT2D eigenvalue weighted by molar-refractivity contribution is -0.202. The van der Waals surface area contributed by atoms with E-state index in [0.29, 0.717) is 0 Å². The lowest BCUT2D eigenvalue weighted by Gasteiger charge is -2.29. The van der Waals surface area contributed by atoms with Gasteiger partial charge in [0, 0.05) is 20.0 Å². The lowest BCUT2D eigenvalue weighted by atomic mass is 9.94. The van der Waals surface area contributed by atoms with Crippen LogP contribution in [0.2, 0.25) is 0 Å². The van der Waals surface area contributed by atoms with Gasteiger partial charge >= 0.3 is 0 Å². The molecule has 0 aromatic carbocycles. The lowest BCUT2D eigenvalue weighted by Crippen LogP contribution is -2.32. The van der Waals surface area contributed by atoms with Gasteiger partial charge < -0.3 is 20.1 Å². The Morgan fingerprint density at radius 1 is 1.29 bits per heavy atom. The van der Waals surface area contributed by atoms with Gasteiger partial charge in [0.05, 0.1) is 12.7 Å². The van der Waals surface area contributed by atoms with Crippen LogP contribution in [0.1, 0.15) is 39.0 Å². The maximum absolute atomic E-state index is 9.46. The molecule has 1 rings (SSSR count). The Labute approximate surface area is 85.5 Å². The number of methoxy groups -OCH3 is 1. The van der Waals surface area contributed by atoms with Crippen molar-refractivity contribution in [1.82, 2.24) is 0 Å². The van der Waals surface area contributed by atoms with E-state index in [1.54, 1.807) is 7.11 Å². The monoisotopic (exact) mass is 206 g/mol. The molecule has 14 heavy (non-hydrogen) atoms. The molecule has 1 fully saturated rings. The summed E-state index contributed by atoms with van der Waals surface area (Å²) >= 11 is 0. The SMILES string of the molecule is CC(O)CO.COC1(O)CCCCC1. The summed E-state index contributed by atoms with van der Waals surface area (Å²) in [6, 6.07) is 0. The van der Waals surface area contributed by atoms with Crippen LogP contribution < -0.4 is 0 Å². The largest absolute Gasteiger partial charge is 0.394 e. The van der Waals surface area contributed by atoms with E-state index < -0.39 is 11.9 Å². The van der Waals surface area contributed by atoms with Crippen molar-refractivity contribution in [3.05, 3.63) is 0 Å². The molecule has 0 aliphatic heterocycles. The highest BCUT2D eigenvalue weighted by Gasteiger charge is 2.27. The average Bonchev–Trinajstić information content (AvgIpc) is 2.20. The van der Waals surface area contributed by atoms with Crippen LogP contribution in [0.25, 0.3) is 0 Å². The standard InChI is InChI=1S/C7H14O2.C3H8O2/c1-9-7(8)5-3-2-4-6-7;1-3(5)2-4/h8H,2-6H2,1H3;3-5H,2H2,1H3. The van der Waals surface area contributed by atoms with Gasteiger partial charge in [-0.25, -0.2) is 0 Å². The molecular weight excluding hydrogens is 184 g/mol. The highest BCUT2D eigenvalue weighted by Crippen LogP contribution is 2.27. The molecule has 0 radical (unpaired) electrons. The molecule has 0 aromatic heterocycles. The Balaban J connectivity index is 0.000000292. The molecule has 1 aliphatic carbocycles. The van der Waals surface area contributed by atoms with Crippen LogP contribution in [-0.4, -0.2) is 40.9 Å². The van der Waals surface area contributed by atoms with Crippen molar-refractivity contribution in [2.45, 2.75) is 50.9 Å². The van der Waals surface area contributed by atoms with Crippen molar-refractivity contribution in [1.29, 1.82) is 0 Å². The number of aliphatic hydroxyl groups excluding tert-OH is 2. The van der Waals surface area contributed by atoms with Gasteiger partial charge in [-0.15, -0.1) is 0 Å². The maximum Gasteiger partial charge on any atom is 0.165 e. The van der Waals surface area contributed by atoms with Gasteiger partial charge in [-0.3, -0.25) is 0 Å². The molecule has 4 nitrogen and oxygen atoms in total. The molecule has 0 aromatic rings. The summed E-state index contributed by atoms with van der Waals surface area (Å²) in [7, 11) is 1.57. The molecule has 0 spiro atoms. The molecule has 0 heterocycles. The first-order valence-electron chi connectivity index (χ1n) is 5.10. The highest BCUT2D eigenvalue weighted by molar-refractivity contribution is 4.71. The molecule has 4 heteroatoms. The summed E-state index contributed by atoms with van der Waals surface area (Å²) in [6.07, 6.45) is 4.50. The molecular formula is C10H22O4. The van der Waals surface area contributed by atoms with E-state index in [1.165, 1.54) is 13.3 Å². The summed E-state index contributed by atoms with van der Waals surface area (Å²) in [5.74, 6) is -0.780. The first kappa shape index (κ1) is 13.8. The predicted octanol–water partition coefficient (Wildman–Crippen LogP) is 0.645. The van der Waals surface area contributed by atoms with Gasteiger partial charge in [-0.05, 0) is 19.8 Å². The van der Waals surface area contributed by atoms with Crippen molar-refractivity contribution in [2.75, 3.05) is 13.7 Å². The molecule has 1 saturated carbocycles. The Bertz CT molecular complexity index is 130. The second-order valence-corrected chi connectivity index (χ2v) is 3.74. The van der Waals surface area contributed by atoms with E-state index in [9.17, 15) is 5.11 Å². The third-order valence-corrected chi connectivity index (χ3v) is 2.28. The molecule has 3 N–H and O–H groups in total. The van der Waals surface area contributed by atoms with Gasteiger partial charge in [0.25, 0.3) is 0 Å². The van der Waals surface area contributed by atoms with Crippen LogP contribution in [0.3, 0.4) is 0 Å². The first-order valence-corrected chi connectivity index (χ1v) is 5.10. The summed E-state index contributed by atoms with van der Waals surface area (Å²) < 4.78 is 4.93. The molecule has 0 saturated heterocycles. The van der Waals surface area contributed by atoms with Crippen LogP contribution in [0.15, 0.2) is 0 Å². The van der Waals surface area contributed by atoms with E-state index in [4.69, 9.17) is 14.9 Å². The summed E-state index contributed by atoms with van der Waals surface area (Å²) in [4.78, 5) is 0. The zero-order valence-corrected chi connectivity index (χ0v) is 9.07. The number of hydrogen-bond acceptors (Lipinski definition) is 4. The third-order valence-electron chi connectivity index (χ3n) is 2.28. The summed E-state index contributed by atoms with van der Waals surface area (Å²) in [6.45, 7) is 1.39. The number of ether oxygens (including phenoxy) is 1. The second-order valence-electron chi connectivity index (χ2n) is 3.74. The maximum atomic E-state index is 9.46. The quantitative estimate of drug-likeness (QED) is 0.580. The Morgan fingerprint density at radius 2 is 1.71 bits per heavy atom. The zero-order valence-electron chi connectivity index (χ0n) is 9.07. The van der Waals surface area contributed by atoms with E-state index in [2.05, 4.69) is 0 Å². The Kier molecular flexibility index (Phi) is 7.09. The van der Waals surface area contributed by atoms with Gasteiger partial charge in [0.1, 0.15) is 0 Å². The van der Waals surface area contributed by atoms with Gasteiger partial charge in [-0.2, -0.15) is 0 Å². The van der Waals surface area contributed by atoms with Crippen molar-refractivity contribution in [3.63, 3.8) is 0 Å². The molecule has 0 bridgehead atoms. The van der Waals surface area contributed by atoms with Crippen LogP contribution >= 0.6 is 0 Å². The topological polar surface area (TPSA) is 69.9 Å². The Hall–Kier alpha value is -0.160. The van der Waals surface area contributed by atoms with Crippen molar-refractivity contribution in [3.8, 4) is 0 Å².